The van der Waals surface area contributed by atoms with Crippen molar-refractivity contribution in [1.82, 2.24) is 0 Å². The van der Waals surface area contributed by atoms with Crippen LogP contribution in [0.2, 0.25) is 0 Å². The van der Waals surface area contributed by atoms with Crippen molar-refractivity contribution < 1.29 is 27.5 Å². The summed E-state index contributed by atoms with van der Waals surface area (Å²) in [6.45, 7) is 2.10. The molecule has 0 saturated carbocycles. The summed E-state index contributed by atoms with van der Waals surface area (Å²) in [7, 11) is -3.62. The van der Waals surface area contributed by atoms with Crippen LogP contribution in [0.3, 0.4) is 0 Å². The highest BCUT2D eigenvalue weighted by molar-refractivity contribution is 7.92. The molecule has 2 aromatic carbocycles. The number of sulfonamides is 1. The standard InChI is InChI=1S/C21H23NO6S/c1-3-27-20(23)11-16-13-22(29(2,25)26)19-10-9-17(12-18(19)21(16)24)28-14-15-7-5-4-6-8-15/h4-10,12,16H,3,11,13-14H2,1-2H3. The Morgan fingerprint density at radius 1 is 1.17 bits per heavy atom. The van der Waals surface area contributed by atoms with E-state index in [4.69, 9.17) is 9.47 Å². The van der Waals surface area contributed by atoms with Crippen LogP contribution in [0.4, 0.5) is 5.69 Å². The van der Waals surface area contributed by atoms with Gasteiger partial charge in [-0.25, -0.2) is 8.42 Å². The Bertz CT molecular complexity index is 1000. The maximum Gasteiger partial charge on any atom is 0.306 e. The lowest BCUT2D eigenvalue weighted by Gasteiger charge is -2.33. The number of carbonyl (C=O) groups is 2. The quantitative estimate of drug-likeness (QED) is 0.644. The fraction of sp³-hybridized carbons (Fsp3) is 0.333. The van der Waals surface area contributed by atoms with Gasteiger partial charge >= 0.3 is 5.97 Å². The summed E-state index contributed by atoms with van der Waals surface area (Å²) in [6, 6.07) is 14.3. The molecule has 7 nitrogen and oxygen atoms in total. The molecule has 1 atom stereocenters. The lowest BCUT2D eigenvalue weighted by Crippen LogP contribution is -2.43. The highest BCUT2D eigenvalue weighted by Gasteiger charge is 2.37. The lowest BCUT2D eigenvalue weighted by molar-refractivity contribution is -0.143. The van der Waals surface area contributed by atoms with Crippen molar-refractivity contribution in [3.05, 3.63) is 59.7 Å². The number of carbonyl (C=O) groups excluding carboxylic acids is 2. The van der Waals surface area contributed by atoms with Gasteiger partial charge in [0.15, 0.2) is 5.78 Å². The number of ketones is 1. The van der Waals surface area contributed by atoms with Crippen LogP contribution < -0.4 is 9.04 Å². The molecule has 0 bridgehead atoms. The van der Waals surface area contributed by atoms with Crippen LogP contribution in [-0.4, -0.2) is 39.6 Å². The minimum atomic E-state index is -3.62. The minimum Gasteiger partial charge on any atom is -0.489 e. The largest absolute Gasteiger partial charge is 0.489 e. The van der Waals surface area contributed by atoms with E-state index in [0.29, 0.717) is 18.0 Å². The molecule has 0 N–H and O–H groups in total. The summed E-state index contributed by atoms with van der Waals surface area (Å²) in [6.07, 6.45) is 0.904. The summed E-state index contributed by atoms with van der Waals surface area (Å²) in [5.74, 6) is -1.18. The Morgan fingerprint density at radius 3 is 2.55 bits per heavy atom. The number of fused-ring (bicyclic) bond motifs is 1. The molecule has 29 heavy (non-hydrogen) atoms. The smallest absolute Gasteiger partial charge is 0.306 e. The molecule has 0 saturated heterocycles. The zero-order chi connectivity index (χ0) is 21.0. The molecule has 0 aliphatic carbocycles. The average molecular weight is 417 g/mol. The predicted octanol–water partition coefficient (Wildman–Crippen LogP) is 2.80. The van der Waals surface area contributed by atoms with Crippen molar-refractivity contribution in [3.8, 4) is 5.75 Å². The zero-order valence-corrected chi connectivity index (χ0v) is 17.1. The van der Waals surface area contributed by atoms with Gasteiger partial charge in [0.1, 0.15) is 12.4 Å². The van der Waals surface area contributed by atoms with Crippen LogP contribution in [0.1, 0.15) is 29.3 Å². The third-order valence-corrected chi connectivity index (χ3v) is 5.77. The molecule has 0 aromatic heterocycles. The number of esters is 1. The Kier molecular flexibility index (Phi) is 6.22. The number of ether oxygens (including phenoxy) is 2. The number of hydrogen-bond acceptors (Lipinski definition) is 6. The molecule has 0 radical (unpaired) electrons. The van der Waals surface area contributed by atoms with E-state index < -0.39 is 21.9 Å². The molecule has 154 valence electrons. The maximum atomic E-state index is 13.0. The van der Waals surface area contributed by atoms with Crippen molar-refractivity contribution >= 4 is 27.5 Å². The molecule has 2 aromatic rings. The molecule has 1 aliphatic rings. The number of hydrogen-bond donors (Lipinski definition) is 0. The van der Waals surface area contributed by atoms with Gasteiger partial charge < -0.3 is 9.47 Å². The maximum absolute atomic E-state index is 13.0. The Balaban J connectivity index is 1.89. The molecule has 1 aliphatic heterocycles. The Labute approximate surface area is 170 Å². The van der Waals surface area contributed by atoms with Crippen LogP contribution in [-0.2, 0) is 26.2 Å². The van der Waals surface area contributed by atoms with Crippen LogP contribution in [0.5, 0.6) is 5.75 Å². The summed E-state index contributed by atoms with van der Waals surface area (Å²) in [5, 5.41) is 0. The van der Waals surface area contributed by atoms with Gasteiger partial charge in [-0.15, -0.1) is 0 Å². The number of Topliss-reactive ketones (excluding diaryl/α,β-unsaturated/α-hetero) is 1. The van der Waals surface area contributed by atoms with Gasteiger partial charge in [-0.2, -0.15) is 0 Å². The van der Waals surface area contributed by atoms with Gasteiger partial charge in [0.05, 0.1) is 30.9 Å². The SMILES string of the molecule is CCOC(=O)CC1CN(S(C)(=O)=O)c2ccc(OCc3ccccc3)cc2C1=O. The second-order valence-electron chi connectivity index (χ2n) is 6.82. The van der Waals surface area contributed by atoms with Crippen molar-refractivity contribution in [3.63, 3.8) is 0 Å². The first-order chi connectivity index (χ1) is 13.8. The third kappa shape index (κ3) is 4.95. The molecular formula is C21H23NO6S. The van der Waals surface area contributed by atoms with Gasteiger partial charge in [0, 0.05) is 12.1 Å². The fourth-order valence-corrected chi connectivity index (χ4v) is 4.22. The number of benzene rings is 2. The summed E-state index contributed by atoms with van der Waals surface area (Å²) in [5.41, 5.74) is 1.49. The number of rotatable bonds is 7. The second-order valence-corrected chi connectivity index (χ2v) is 8.72. The van der Waals surface area contributed by atoms with Gasteiger partial charge in [0.2, 0.25) is 10.0 Å². The zero-order valence-electron chi connectivity index (χ0n) is 16.3. The first-order valence-corrected chi connectivity index (χ1v) is 11.1. The van der Waals surface area contributed by atoms with E-state index in [1.807, 2.05) is 30.3 Å². The molecule has 1 unspecified atom stereocenters. The van der Waals surface area contributed by atoms with E-state index in [1.165, 1.54) is 6.07 Å². The molecule has 0 spiro atoms. The van der Waals surface area contributed by atoms with Gasteiger partial charge in [-0.05, 0) is 30.7 Å². The molecule has 0 fully saturated rings. The van der Waals surface area contributed by atoms with Gasteiger partial charge in [-0.1, -0.05) is 30.3 Å². The van der Waals surface area contributed by atoms with Crippen molar-refractivity contribution in [2.45, 2.75) is 20.0 Å². The first-order valence-electron chi connectivity index (χ1n) is 9.28. The second kappa shape index (κ2) is 8.65. The fourth-order valence-electron chi connectivity index (χ4n) is 3.25. The predicted molar refractivity (Wildman–Crippen MR) is 108 cm³/mol. The van der Waals surface area contributed by atoms with E-state index in [2.05, 4.69) is 0 Å². The Hall–Kier alpha value is -2.87. The molecule has 0 amide bonds. The van der Waals surface area contributed by atoms with Gasteiger partial charge in [-0.3, -0.25) is 13.9 Å². The highest BCUT2D eigenvalue weighted by Crippen LogP contribution is 2.35. The summed E-state index contributed by atoms with van der Waals surface area (Å²) in [4.78, 5) is 24.9. The average Bonchev–Trinajstić information content (AvgIpc) is 2.68. The van der Waals surface area contributed by atoms with Crippen LogP contribution in [0.15, 0.2) is 48.5 Å². The lowest BCUT2D eigenvalue weighted by atomic mass is 9.90. The third-order valence-electron chi connectivity index (χ3n) is 4.63. The van der Waals surface area contributed by atoms with E-state index >= 15 is 0 Å². The number of nitrogens with zero attached hydrogens (tertiary/aromatic N) is 1. The molecule has 3 rings (SSSR count). The monoisotopic (exact) mass is 417 g/mol. The highest BCUT2D eigenvalue weighted by atomic mass is 32.2. The first kappa shape index (κ1) is 20.9. The van der Waals surface area contributed by atoms with Crippen LogP contribution in [0.25, 0.3) is 0 Å². The van der Waals surface area contributed by atoms with E-state index in [0.717, 1.165) is 16.1 Å². The normalized spacial score (nSPS) is 16.3. The Morgan fingerprint density at radius 2 is 1.90 bits per heavy atom. The summed E-state index contributed by atoms with van der Waals surface area (Å²) < 4.78 is 36.4. The van der Waals surface area contributed by atoms with Crippen LogP contribution >= 0.6 is 0 Å². The topological polar surface area (TPSA) is 90.0 Å². The number of anilines is 1. The molecule has 1 heterocycles. The minimum absolute atomic E-state index is 0.0896. The van der Waals surface area contributed by atoms with E-state index in [9.17, 15) is 18.0 Å². The summed E-state index contributed by atoms with van der Waals surface area (Å²) >= 11 is 0. The van der Waals surface area contributed by atoms with E-state index in [1.54, 1.807) is 19.1 Å². The van der Waals surface area contributed by atoms with Gasteiger partial charge in [0.25, 0.3) is 0 Å². The van der Waals surface area contributed by atoms with Crippen molar-refractivity contribution in [2.24, 2.45) is 5.92 Å². The molecule has 8 heteroatoms. The van der Waals surface area contributed by atoms with Crippen molar-refractivity contribution in [1.29, 1.82) is 0 Å². The molecular weight excluding hydrogens is 394 g/mol. The van der Waals surface area contributed by atoms with Crippen molar-refractivity contribution in [2.75, 3.05) is 23.7 Å². The van der Waals surface area contributed by atoms with Crippen LogP contribution in [0, 0.1) is 5.92 Å². The van der Waals surface area contributed by atoms with E-state index in [-0.39, 0.29) is 30.9 Å².